The van der Waals surface area contributed by atoms with Crippen LogP contribution in [0.5, 0.6) is 0 Å². The first-order valence-corrected chi connectivity index (χ1v) is 9.05. The summed E-state index contributed by atoms with van der Waals surface area (Å²) >= 11 is 6.19. The first-order valence-electron chi connectivity index (χ1n) is 8.67. The minimum absolute atomic E-state index is 0.0417. The zero-order valence-corrected chi connectivity index (χ0v) is 15.5. The molecule has 0 aliphatic carbocycles. The summed E-state index contributed by atoms with van der Waals surface area (Å²) in [6, 6.07) is 10.7. The Labute approximate surface area is 161 Å². The van der Waals surface area contributed by atoms with E-state index in [2.05, 4.69) is 5.16 Å². The SMILES string of the molecule is CCC(=O)N(Cc1ccc(F)cc1F)CC1CC(c2ccccc2Cl)=NO1. The van der Waals surface area contributed by atoms with Crippen LogP contribution in [0.15, 0.2) is 47.6 Å². The molecule has 2 aromatic rings. The number of carbonyl (C=O) groups is 1. The van der Waals surface area contributed by atoms with Crippen molar-refractivity contribution in [2.24, 2.45) is 5.16 Å². The van der Waals surface area contributed by atoms with Crippen molar-refractivity contribution in [3.8, 4) is 0 Å². The smallest absolute Gasteiger partial charge is 0.222 e. The lowest BCUT2D eigenvalue weighted by atomic mass is 10.0. The van der Waals surface area contributed by atoms with Crippen LogP contribution in [0.2, 0.25) is 5.02 Å². The first kappa shape index (κ1) is 19.3. The number of amides is 1. The molecule has 2 aromatic carbocycles. The quantitative estimate of drug-likeness (QED) is 0.723. The lowest BCUT2D eigenvalue weighted by Gasteiger charge is -2.24. The van der Waals surface area contributed by atoms with Crippen molar-refractivity contribution in [3.63, 3.8) is 0 Å². The standard InChI is InChI=1S/C20H19ClF2N2O2/c1-2-20(26)25(11-13-7-8-14(22)9-18(13)23)12-15-10-19(24-27-15)16-5-3-4-6-17(16)21/h3-9,15H,2,10-12H2,1H3. The Morgan fingerprint density at radius 1 is 1.30 bits per heavy atom. The molecule has 0 fully saturated rings. The van der Waals surface area contributed by atoms with Gasteiger partial charge in [-0.15, -0.1) is 0 Å². The minimum Gasteiger partial charge on any atom is -0.390 e. The molecular formula is C20H19ClF2N2O2. The first-order chi connectivity index (χ1) is 13.0. The van der Waals surface area contributed by atoms with Gasteiger partial charge in [0, 0.05) is 41.6 Å². The number of hydrogen-bond acceptors (Lipinski definition) is 3. The molecule has 1 heterocycles. The highest BCUT2D eigenvalue weighted by molar-refractivity contribution is 6.34. The van der Waals surface area contributed by atoms with Gasteiger partial charge in [-0.2, -0.15) is 0 Å². The third-order valence-electron chi connectivity index (χ3n) is 4.37. The van der Waals surface area contributed by atoms with Crippen LogP contribution in [-0.4, -0.2) is 29.2 Å². The predicted molar refractivity (Wildman–Crippen MR) is 99.5 cm³/mol. The highest BCUT2D eigenvalue weighted by Crippen LogP contribution is 2.24. The van der Waals surface area contributed by atoms with Crippen LogP contribution in [0.1, 0.15) is 30.9 Å². The van der Waals surface area contributed by atoms with Crippen LogP contribution in [0.25, 0.3) is 0 Å². The summed E-state index contributed by atoms with van der Waals surface area (Å²) in [5, 5.41) is 4.67. The normalized spacial score (nSPS) is 16.0. The number of benzene rings is 2. The monoisotopic (exact) mass is 392 g/mol. The Morgan fingerprint density at radius 3 is 2.78 bits per heavy atom. The molecule has 142 valence electrons. The van der Waals surface area contributed by atoms with Crippen molar-refractivity contribution < 1.29 is 18.4 Å². The van der Waals surface area contributed by atoms with Gasteiger partial charge < -0.3 is 9.74 Å². The molecule has 4 nitrogen and oxygen atoms in total. The van der Waals surface area contributed by atoms with Crippen LogP contribution < -0.4 is 0 Å². The maximum atomic E-state index is 14.0. The summed E-state index contributed by atoms with van der Waals surface area (Å²) in [4.78, 5) is 19.3. The second-order valence-corrected chi connectivity index (χ2v) is 6.72. The number of oxime groups is 1. The van der Waals surface area contributed by atoms with Crippen molar-refractivity contribution in [2.45, 2.75) is 32.4 Å². The minimum atomic E-state index is -0.677. The van der Waals surface area contributed by atoms with Crippen LogP contribution in [-0.2, 0) is 16.2 Å². The van der Waals surface area contributed by atoms with Gasteiger partial charge in [0.15, 0.2) is 6.10 Å². The fourth-order valence-electron chi connectivity index (χ4n) is 2.96. The maximum Gasteiger partial charge on any atom is 0.222 e. The summed E-state index contributed by atoms with van der Waals surface area (Å²) in [5.74, 6) is -1.47. The summed E-state index contributed by atoms with van der Waals surface area (Å²) in [5.41, 5.74) is 1.76. The summed E-state index contributed by atoms with van der Waals surface area (Å²) in [6.07, 6.45) is 0.409. The molecule has 7 heteroatoms. The van der Waals surface area contributed by atoms with Gasteiger partial charge in [0.1, 0.15) is 11.6 Å². The molecule has 1 atom stereocenters. The van der Waals surface area contributed by atoms with Crippen molar-refractivity contribution in [1.82, 2.24) is 4.90 Å². The van der Waals surface area contributed by atoms with Gasteiger partial charge in [0.05, 0.1) is 12.3 Å². The van der Waals surface area contributed by atoms with E-state index in [1.807, 2.05) is 18.2 Å². The Hall–Kier alpha value is -2.47. The number of nitrogens with zero attached hydrogens (tertiary/aromatic N) is 2. The van der Waals surface area contributed by atoms with Crippen LogP contribution in [0.3, 0.4) is 0 Å². The van der Waals surface area contributed by atoms with E-state index in [4.69, 9.17) is 16.4 Å². The second kappa shape index (κ2) is 8.48. The fraction of sp³-hybridized carbons (Fsp3) is 0.300. The number of rotatable bonds is 6. The number of carbonyl (C=O) groups excluding carboxylic acids is 1. The van der Waals surface area contributed by atoms with Crippen LogP contribution in [0.4, 0.5) is 8.78 Å². The van der Waals surface area contributed by atoms with Crippen molar-refractivity contribution in [2.75, 3.05) is 6.54 Å². The van der Waals surface area contributed by atoms with E-state index in [0.29, 0.717) is 17.2 Å². The van der Waals surface area contributed by atoms with E-state index in [0.717, 1.165) is 11.6 Å². The van der Waals surface area contributed by atoms with E-state index in [9.17, 15) is 13.6 Å². The Kier molecular flexibility index (Phi) is 6.06. The molecule has 1 unspecified atom stereocenters. The van der Waals surface area contributed by atoms with Gasteiger partial charge in [0.2, 0.25) is 5.91 Å². The molecule has 1 amide bonds. The molecule has 0 aromatic heterocycles. The molecular weight excluding hydrogens is 374 g/mol. The highest BCUT2D eigenvalue weighted by atomic mass is 35.5. The van der Waals surface area contributed by atoms with Gasteiger partial charge in [-0.05, 0) is 12.1 Å². The maximum absolute atomic E-state index is 14.0. The molecule has 1 aliphatic rings. The van der Waals surface area contributed by atoms with E-state index >= 15 is 0 Å². The summed E-state index contributed by atoms with van der Waals surface area (Å²) in [6.45, 7) is 2.03. The Morgan fingerprint density at radius 2 is 2.07 bits per heavy atom. The lowest BCUT2D eigenvalue weighted by molar-refractivity contribution is -0.133. The van der Waals surface area contributed by atoms with Crippen molar-refractivity contribution >= 4 is 23.2 Å². The van der Waals surface area contributed by atoms with E-state index in [1.165, 1.54) is 17.0 Å². The van der Waals surface area contributed by atoms with Gasteiger partial charge in [-0.25, -0.2) is 8.78 Å². The third kappa shape index (κ3) is 4.63. The van der Waals surface area contributed by atoms with E-state index in [-0.39, 0.29) is 37.1 Å². The van der Waals surface area contributed by atoms with Crippen molar-refractivity contribution in [3.05, 3.63) is 70.2 Å². The molecule has 0 saturated heterocycles. The largest absolute Gasteiger partial charge is 0.390 e. The molecule has 3 rings (SSSR count). The molecule has 0 spiro atoms. The fourth-order valence-corrected chi connectivity index (χ4v) is 3.20. The molecule has 27 heavy (non-hydrogen) atoms. The molecule has 0 bridgehead atoms. The highest BCUT2D eigenvalue weighted by Gasteiger charge is 2.27. The van der Waals surface area contributed by atoms with Gasteiger partial charge >= 0.3 is 0 Å². The van der Waals surface area contributed by atoms with Crippen LogP contribution in [0, 0.1) is 11.6 Å². The average Bonchev–Trinajstić information content (AvgIpc) is 3.11. The van der Waals surface area contributed by atoms with E-state index in [1.54, 1.807) is 13.0 Å². The third-order valence-corrected chi connectivity index (χ3v) is 4.70. The Bertz CT molecular complexity index is 873. The zero-order valence-electron chi connectivity index (χ0n) is 14.8. The van der Waals surface area contributed by atoms with Gasteiger partial charge in [0.25, 0.3) is 0 Å². The summed E-state index contributed by atoms with van der Waals surface area (Å²) < 4.78 is 27.1. The molecule has 1 aliphatic heterocycles. The predicted octanol–water partition coefficient (Wildman–Crippen LogP) is 4.55. The molecule has 0 N–H and O–H groups in total. The van der Waals surface area contributed by atoms with Gasteiger partial charge in [-0.1, -0.05) is 47.9 Å². The van der Waals surface area contributed by atoms with Gasteiger partial charge in [-0.3, -0.25) is 4.79 Å². The second-order valence-electron chi connectivity index (χ2n) is 6.31. The molecule has 0 radical (unpaired) electrons. The summed E-state index contributed by atoms with van der Waals surface area (Å²) in [7, 11) is 0. The molecule has 0 saturated carbocycles. The lowest BCUT2D eigenvalue weighted by Crippen LogP contribution is -2.37. The van der Waals surface area contributed by atoms with Crippen molar-refractivity contribution in [1.29, 1.82) is 0 Å². The van der Waals surface area contributed by atoms with Crippen LogP contribution >= 0.6 is 11.6 Å². The average molecular weight is 393 g/mol. The topological polar surface area (TPSA) is 41.9 Å². The number of hydrogen-bond donors (Lipinski definition) is 0. The van der Waals surface area contributed by atoms with E-state index < -0.39 is 11.6 Å². The zero-order chi connectivity index (χ0) is 19.4. The number of halogens is 3. The Balaban J connectivity index is 1.69.